The molecule has 0 aliphatic carbocycles. The smallest absolute Gasteiger partial charge is 0.200 e. The minimum atomic E-state index is -2.13. The van der Waals surface area contributed by atoms with Gasteiger partial charge in [0.15, 0.2) is 23.3 Å². The molecular formula is C17H12F5N. The summed E-state index contributed by atoms with van der Waals surface area (Å²) in [6, 6.07) is 9.32. The lowest BCUT2D eigenvalue weighted by atomic mass is 10.1. The summed E-state index contributed by atoms with van der Waals surface area (Å²) >= 11 is 0. The molecule has 2 aromatic carbocycles. The second kappa shape index (κ2) is 5.68. The van der Waals surface area contributed by atoms with Gasteiger partial charge in [-0.05, 0) is 30.4 Å². The van der Waals surface area contributed by atoms with Gasteiger partial charge in [-0.3, -0.25) is 0 Å². The van der Waals surface area contributed by atoms with Crippen molar-refractivity contribution < 1.29 is 22.0 Å². The lowest BCUT2D eigenvalue weighted by Crippen LogP contribution is -2.09. The lowest BCUT2D eigenvalue weighted by Gasteiger charge is -2.09. The van der Waals surface area contributed by atoms with E-state index in [0.29, 0.717) is 0 Å². The number of rotatable bonds is 3. The Hall–Kier alpha value is -2.37. The SMILES string of the molecule is Cn1c(CCc2c(F)c(F)c(F)c(F)c2F)cc2ccccc21. The fraction of sp³-hybridized carbons (Fsp3) is 0.176. The van der Waals surface area contributed by atoms with Gasteiger partial charge in [0, 0.05) is 23.8 Å². The third-order valence-electron chi connectivity index (χ3n) is 3.98. The summed E-state index contributed by atoms with van der Waals surface area (Å²) in [5.41, 5.74) is 0.890. The molecule has 0 atom stereocenters. The number of hydrogen-bond acceptors (Lipinski definition) is 0. The molecular weight excluding hydrogens is 313 g/mol. The predicted octanol–water partition coefficient (Wildman–Crippen LogP) is 4.66. The molecule has 0 bridgehead atoms. The molecule has 6 heteroatoms. The minimum absolute atomic E-state index is 0.156. The molecule has 23 heavy (non-hydrogen) atoms. The second-order valence-electron chi connectivity index (χ2n) is 5.30. The lowest BCUT2D eigenvalue weighted by molar-refractivity contribution is 0.369. The summed E-state index contributed by atoms with van der Waals surface area (Å²) in [4.78, 5) is 0. The van der Waals surface area contributed by atoms with Crippen LogP contribution in [-0.4, -0.2) is 4.57 Å². The highest BCUT2D eigenvalue weighted by atomic mass is 19.2. The number of aryl methyl sites for hydroxylation is 2. The normalized spacial score (nSPS) is 11.4. The number of fused-ring (bicyclic) bond motifs is 1. The third-order valence-corrected chi connectivity index (χ3v) is 3.98. The maximum absolute atomic E-state index is 13.7. The van der Waals surface area contributed by atoms with Crippen molar-refractivity contribution in [1.29, 1.82) is 0 Å². The molecule has 0 saturated carbocycles. The first-order valence-electron chi connectivity index (χ1n) is 6.95. The van der Waals surface area contributed by atoms with Gasteiger partial charge in [0.2, 0.25) is 5.82 Å². The zero-order chi connectivity index (χ0) is 16.7. The molecule has 3 aromatic rings. The Balaban J connectivity index is 1.96. The van der Waals surface area contributed by atoms with Crippen LogP contribution in [0.2, 0.25) is 0 Å². The van der Waals surface area contributed by atoms with Gasteiger partial charge in [-0.2, -0.15) is 0 Å². The minimum Gasteiger partial charge on any atom is -0.348 e. The molecule has 0 aliphatic rings. The molecule has 0 unspecified atom stereocenters. The zero-order valence-corrected chi connectivity index (χ0v) is 12.1. The predicted molar refractivity (Wildman–Crippen MR) is 76.6 cm³/mol. The standard InChI is InChI=1S/C17H12F5N/c1-23-10(8-9-4-2-3-5-12(9)23)6-7-11-13(18)15(20)17(22)16(21)14(11)19/h2-5,8H,6-7H2,1H3. The molecule has 0 N–H and O–H groups in total. The van der Waals surface area contributed by atoms with Gasteiger partial charge >= 0.3 is 0 Å². The Bertz CT molecular complexity index is 869. The first-order chi connectivity index (χ1) is 10.9. The fourth-order valence-corrected chi connectivity index (χ4v) is 2.71. The number of benzene rings is 2. The monoisotopic (exact) mass is 325 g/mol. The van der Waals surface area contributed by atoms with Crippen LogP contribution in [0.1, 0.15) is 11.3 Å². The molecule has 0 fully saturated rings. The highest BCUT2D eigenvalue weighted by molar-refractivity contribution is 5.81. The van der Waals surface area contributed by atoms with E-state index in [0.717, 1.165) is 16.6 Å². The number of hydrogen-bond donors (Lipinski definition) is 0. The van der Waals surface area contributed by atoms with Crippen LogP contribution in [-0.2, 0) is 19.9 Å². The molecule has 0 aliphatic heterocycles. The van der Waals surface area contributed by atoms with Crippen LogP contribution in [0.15, 0.2) is 30.3 Å². The van der Waals surface area contributed by atoms with E-state index in [9.17, 15) is 22.0 Å². The Morgan fingerprint density at radius 2 is 1.35 bits per heavy atom. The van der Waals surface area contributed by atoms with Crippen molar-refractivity contribution in [2.75, 3.05) is 0 Å². The molecule has 0 spiro atoms. The van der Waals surface area contributed by atoms with Gasteiger partial charge in [0.05, 0.1) is 0 Å². The Morgan fingerprint density at radius 3 is 1.96 bits per heavy atom. The third kappa shape index (κ3) is 2.48. The topological polar surface area (TPSA) is 4.93 Å². The van der Waals surface area contributed by atoms with Crippen molar-refractivity contribution in [2.24, 2.45) is 7.05 Å². The highest BCUT2D eigenvalue weighted by Gasteiger charge is 2.25. The quantitative estimate of drug-likeness (QED) is 0.375. The summed E-state index contributed by atoms with van der Waals surface area (Å²) in [6.45, 7) is 0. The summed E-state index contributed by atoms with van der Waals surface area (Å²) in [5, 5.41) is 0.947. The van der Waals surface area contributed by atoms with Gasteiger partial charge in [-0.25, -0.2) is 22.0 Å². The van der Waals surface area contributed by atoms with Crippen molar-refractivity contribution in [3.8, 4) is 0 Å². The van der Waals surface area contributed by atoms with Crippen LogP contribution in [0, 0.1) is 29.1 Å². The Morgan fingerprint density at radius 1 is 0.783 bits per heavy atom. The van der Waals surface area contributed by atoms with Crippen LogP contribution < -0.4 is 0 Å². The summed E-state index contributed by atoms with van der Waals surface area (Å²) in [6.07, 6.45) is -0.126. The highest BCUT2D eigenvalue weighted by Crippen LogP contribution is 2.25. The van der Waals surface area contributed by atoms with Gasteiger partial charge in [-0.1, -0.05) is 18.2 Å². The number of aromatic nitrogens is 1. The Labute approximate surface area is 129 Å². The summed E-state index contributed by atoms with van der Waals surface area (Å²) in [5.74, 6) is -9.47. The van der Waals surface area contributed by atoms with E-state index in [4.69, 9.17) is 0 Å². The molecule has 0 saturated heterocycles. The maximum atomic E-state index is 13.7. The average molecular weight is 325 g/mol. The summed E-state index contributed by atoms with van der Waals surface area (Å²) in [7, 11) is 1.79. The summed E-state index contributed by atoms with van der Waals surface area (Å²) < 4.78 is 68.7. The van der Waals surface area contributed by atoms with Crippen molar-refractivity contribution in [3.05, 3.63) is 70.7 Å². The first-order valence-corrected chi connectivity index (χ1v) is 6.95. The van der Waals surface area contributed by atoms with Crippen LogP contribution in [0.4, 0.5) is 22.0 Å². The van der Waals surface area contributed by atoms with Crippen molar-refractivity contribution in [2.45, 2.75) is 12.8 Å². The van der Waals surface area contributed by atoms with Crippen LogP contribution in [0.25, 0.3) is 10.9 Å². The average Bonchev–Trinajstić information content (AvgIpc) is 2.88. The van der Waals surface area contributed by atoms with E-state index in [-0.39, 0.29) is 12.8 Å². The molecule has 1 heterocycles. The first kappa shape index (κ1) is 15.5. The van der Waals surface area contributed by atoms with Gasteiger partial charge in [0.25, 0.3) is 0 Å². The number of para-hydroxylation sites is 1. The molecule has 1 nitrogen and oxygen atoms in total. The van der Waals surface area contributed by atoms with E-state index in [1.165, 1.54) is 0 Å². The molecule has 120 valence electrons. The van der Waals surface area contributed by atoms with E-state index >= 15 is 0 Å². The zero-order valence-electron chi connectivity index (χ0n) is 12.1. The van der Waals surface area contributed by atoms with E-state index in [1.807, 2.05) is 34.9 Å². The number of nitrogens with zero attached hydrogens (tertiary/aromatic N) is 1. The van der Waals surface area contributed by atoms with Crippen LogP contribution >= 0.6 is 0 Å². The Kier molecular flexibility index (Phi) is 3.83. The van der Waals surface area contributed by atoms with Crippen LogP contribution in [0.3, 0.4) is 0 Å². The van der Waals surface area contributed by atoms with Crippen molar-refractivity contribution >= 4 is 10.9 Å². The molecule has 0 amide bonds. The van der Waals surface area contributed by atoms with E-state index < -0.39 is 34.6 Å². The van der Waals surface area contributed by atoms with Crippen molar-refractivity contribution in [3.63, 3.8) is 0 Å². The fourth-order valence-electron chi connectivity index (χ4n) is 2.71. The van der Waals surface area contributed by atoms with Gasteiger partial charge < -0.3 is 4.57 Å². The van der Waals surface area contributed by atoms with Gasteiger partial charge in [-0.15, -0.1) is 0 Å². The molecule has 3 rings (SSSR count). The molecule has 0 radical (unpaired) electrons. The number of halogens is 5. The van der Waals surface area contributed by atoms with Crippen molar-refractivity contribution in [1.82, 2.24) is 4.57 Å². The largest absolute Gasteiger partial charge is 0.348 e. The van der Waals surface area contributed by atoms with E-state index in [2.05, 4.69) is 0 Å². The van der Waals surface area contributed by atoms with Crippen LogP contribution in [0.5, 0.6) is 0 Å². The second-order valence-corrected chi connectivity index (χ2v) is 5.30. The van der Waals surface area contributed by atoms with Gasteiger partial charge in [0.1, 0.15) is 0 Å². The molecule has 1 aromatic heterocycles. The maximum Gasteiger partial charge on any atom is 0.200 e. The van der Waals surface area contributed by atoms with E-state index in [1.54, 1.807) is 7.05 Å².